The minimum Gasteiger partial charge on any atom is -0.371 e. The molecule has 1 aliphatic heterocycles. The van der Waals surface area contributed by atoms with Crippen LogP contribution in [0.25, 0.3) is 0 Å². The average Bonchev–Trinajstić information content (AvgIpc) is 2.30. The van der Waals surface area contributed by atoms with Crippen LogP contribution in [-0.2, 0) is 0 Å². The fourth-order valence-corrected chi connectivity index (χ4v) is 2.24. The van der Waals surface area contributed by atoms with Crippen LogP contribution in [0.15, 0.2) is 24.5 Å². The van der Waals surface area contributed by atoms with Crippen molar-refractivity contribution in [3.05, 3.63) is 24.5 Å². The van der Waals surface area contributed by atoms with E-state index in [1.54, 1.807) is 0 Å². The highest BCUT2D eigenvalue weighted by molar-refractivity contribution is 5.44. The van der Waals surface area contributed by atoms with Gasteiger partial charge in [0.05, 0.1) is 0 Å². The molecule has 1 aromatic rings. The van der Waals surface area contributed by atoms with E-state index in [1.165, 1.54) is 18.5 Å². The Morgan fingerprint density at radius 3 is 2.47 bits per heavy atom. The van der Waals surface area contributed by atoms with E-state index >= 15 is 0 Å². The van der Waals surface area contributed by atoms with Crippen LogP contribution >= 0.6 is 0 Å². The first-order valence-corrected chi connectivity index (χ1v) is 5.68. The lowest BCUT2D eigenvalue weighted by Gasteiger charge is -2.35. The number of hydrogen-bond donors (Lipinski definition) is 1. The third-order valence-electron chi connectivity index (χ3n) is 3.31. The van der Waals surface area contributed by atoms with Gasteiger partial charge in [-0.1, -0.05) is 0 Å². The zero-order valence-corrected chi connectivity index (χ0v) is 9.26. The molecule has 0 aromatic carbocycles. The van der Waals surface area contributed by atoms with E-state index in [0.29, 0.717) is 12.0 Å². The fraction of sp³-hybridized carbons (Fsp3) is 0.583. The number of aromatic nitrogens is 1. The van der Waals surface area contributed by atoms with Crippen molar-refractivity contribution in [1.29, 1.82) is 0 Å². The van der Waals surface area contributed by atoms with Gasteiger partial charge in [-0.2, -0.15) is 0 Å². The highest BCUT2D eigenvalue weighted by Gasteiger charge is 2.21. The summed E-state index contributed by atoms with van der Waals surface area (Å²) in [6.07, 6.45) is 6.12. The Morgan fingerprint density at radius 2 is 1.93 bits per heavy atom. The van der Waals surface area contributed by atoms with E-state index in [0.717, 1.165) is 13.1 Å². The minimum absolute atomic E-state index is 0.338. The van der Waals surface area contributed by atoms with Gasteiger partial charge in [0.15, 0.2) is 0 Å². The van der Waals surface area contributed by atoms with Gasteiger partial charge in [-0.25, -0.2) is 0 Å². The van der Waals surface area contributed by atoms with Crippen LogP contribution in [0.4, 0.5) is 5.69 Å². The average molecular weight is 205 g/mol. The zero-order chi connectivity index (χ0) is 10.7. The molecule has 15 heavy (non-hydrogen) atoms. The molecule has 0 radical (unpaired) electrons. The molecule has 1 aliphatic rings. The van der Waals surface area contributed by atoms with Gasteiger partial charge in [0.2, 0.25) is 0 Å². The van der Waals surface area contributed by atoms with Crippen molar-refractivity contribution < 1.29 is 0 Å². The standard InChI is InChI=1S/C12H19N3/c1-10(13)11-4-8-15(9-5-11)12-2-6-14-7-3-12/h2-3,6-7,10-11H,4-5,8-9,13H2,1H3. The van der Waals surface area contributed by atoms with Crippen molar-refractivity contribution in [2.75, 3.05) is 18.0 Å². The second kappa shape index (κ2) is 4.62. The highest BCUT2D eigenvalue weighted by Crippen LogP contribution is 2.23. The molecule has 1 fully saturated rings. The van der Waals surface area contributed by atoms with E-state index in [9.17, 15) is 0 Å². The molecular formula is C12H19N3. The normalized spacial score (nSPS) is 20.3. The molecule has 3 nitrogen and oxygen atoms in total. The maximum Gasteiger partial charge on any atom is 0.0397 e. The first-order valence-electron chi connectivity index (χ1n) is 5.68. The summed E-state index contributed by atoms with van der Waals surface area (Å²) in [5, 5.41) is 0. The lowest BCUT2D eigenvalue weighted by molar-refractivity contribution is 0.354. The van der Waals surface area contributed by atoms with Crippen molar-refractivity contribution in [1.82, 2.24) is 4.98 Å². The van der Waals surface area contributed by atoms with Gasteiger partial charge in [0, 0.05) is 37.2 Å². The number of pyridine rings is 1. The number of anilines is 1. The van der Waals surface area contributed by atoms with Crippen molar-refractivity contribution in [2.45, 2.75) is 25.8 Å². The SMILES string of the molecule is CC(N)C1CCN(c2ccncc2)CC1. The molecule has 0 amide bonds. The van der Waals surface area contributed by atoms with Gasteiger partial charge in [-0.3, -0.25) is 4.98 Å². The molecule has 2 N–H and O–H groups in total. The number of hydrogen-bond acceptors (Lipinski definition) is 3. The molecule has 0 saturated carbocycles. The molecule has 2 rings (SSSR count). The topological polar surface area (TPSA) is 42.1 Å². The van der Waals surface area contributed by atoms with E-state index in [1.807, 2.05) is 12.4 Å². The van der Waals surface area contributed by atoms with Crippen molar-refractivity contribution in [2.24, 2.45) is 11.7 Å². The number of rotatable bonds is 2. The summed E-state index contributed by atoms with van der Waals surface area (Å²) in [6, 6.07) is 4.49. The lowest BCUT2D eigenvalue weighted by Crippen LogP contribution is -2.39. The van der Waals surface area contributed by atoms with Crippen LogP contribution in [0.1, 0.15) is 19.8 Å². The van der Waals surface area contributed by atoms with Crippen molar-refractivity contribution >= 4 is 5.69 Å². The lowest BCUT2D eigenvalue weighted by atomic mass is 9.91. The Hall–Kier alpha value is -1.09. The molecule has 1 saturated heterocycles. The quantitative estimate of drug-likeness (QED) is 0.798. The molecule has 1 aromatic heterocycles. The molecule has 2 heterocycles. The van der Waals surface area contributed by atoms with Gasteiger partial charge in [0.25, 0.3) is 0 Å². The summed E-state index contributed by atoms with van der Waals surface area (Å²) in [5.41, 5.74) is 7.21. The number of nitrogens with two attached hydrogens (primary N) is 1. The van der Waals surface area contributed by atoms with Crippen LogP contribution in [0, 0.1) is 5.92 Å². The Morgan fingerprint density at radius 1 is 1.33 bits per heavy atom. The Kier molecular flexibility index (Phi) is 3.21. The van der Waals surface area contributed by atoms with Gasteiger partial charge in [-0.05, 0) is 37.8 Å². The van der Waals surface area contributed by atoms with Crippen LogP contribution in [0.3, 0.4) is 0 Å². The van der Waals surface area contributed by atoms with Gasteiger partial charge in [0.1, 0.15) is 0 Å². The summed E-state index contributed by atoms with van der Waals surface area (Å²) < 4.78 is 0. The third kappa shape index (κ3) is 2.48. The maximum absolute atomic E-state index is 5.92. The summed E-state index contributed by atoms with van der Waals surface area (Å²) in [6.45, 7) is 4.36. The van der Waals surface area contributed by atoms with Crippen LogP contribution in [0.2, 0.25) is 0 Å². The Balaban J connectivity index is 1.94. The van der Waals surface area contributed by atoms with Crippen molar-refractivity contribution in [3.8, 4) is 0 Å². The highest BCUT2D eigenvalue weighted by atomic mass is 15.1. The van der Waals surface area contributed by atoms with Gasteiger partial charge >= 0.3 is 0 Å². The molecule has 0 bridgehead atoms. The van der Waals surface area contributed by atoms with E-state index in [-0.39, 0.29) is 0 Å². The predicted octanol–water partition coefficient (Wildman–Crippen LogP) is 1.65. The van der Waals surface area contributed by atoms with Crippen molar-refractivity contribution in [3.63, 3.8) is 0 Å². The smallest absolute Gasteiger partial charge is 0.0397 e. The summed E-state index contributed by atoms with van der Waals surface area (Å²) in [5.74, 6) is 0.697. The molecule has 82 valence electrons. The summed E-state index contributed by atoms with van der Waals surface area (Å²) in [7, 11) is 0. The van der Waals surface area contributed by atoms with Crippen LogP contribution in [0.5, 0.6) is 0 Å². The second-order valence-corrected chi connectivity index (χ2v) is 4.39. The molecule has 0 spiro atoms. The third-order valence-corrected chi connectivity index (χ3v) is 3.31. The molecule has 3 heteroatoms. The second-order valence-electron chi connectivity index (χ2n) is 4.39. The molecule has 0 aliphatic carbocycles. The summed E-state index contributed by atoms with van der Waals surface area (Å²) in [4.78, 5) is 6.45. The van der Waals surface area contributed by atoms with E-state index in [4.69, 9.17) is 5.73 Å². The monoisotopic (exact) mass is 205 g/mol. The first-order chi connectivity index (χ1) is 7.27. The molecule has 1 unspecified atom stereocenters. The van der Waals surface area contributed by atoms with E-state index in [2.05, 4.69) is 28.9 Å². The maximum atomic E-state index is 5.92. The largest absolute Gasteiger partial charge is 0.371 e. The van der Waals surface area contributed by atoms with Gasteiger partial charge in [-0.15, -0.1) is 0 Å². The zero-order valence-electron chi connectivity index (χ0n) is 9.26. The Labute approximate surface area is 91.3 Å². The number of piperidine rings is 1. The fourth-order valence-electron chi connectivity index (χ4n) is 2.24. The first kappa shape index (κ1) is 10.4. The molecule has 1 atom stereocenters. The number of nitrogens with zero attached hydrogens (tertiary/aromatic N) is 2. The van der Waals surface area contributed by atoms with Crippen LogP contribution in [-0.4, -0.2) is 24.1 Å². The van der Waals surface area contributed by atoms with Crippen LogP contribution < -0.4 is 10.6 Å². The molecular weight excluding hydrogens is 186 g/mol. The Bertz CT molecular complexity index is 289. The van der Waals surface area contributed by atoms with Gasteiger partial charge < -0.3 is 10.6 Å². The predicted molar refractivity (Wildman–Crippen MR) is 62.8 cm³/mol. The van der Waals surface area contributed by atoms with E-state index < -0.39 is 0 Å². The summed E-state index contributed by atoms with van der Waals surface area (Å²) >= 11 is 0. The minimum atomic E-state index is 0.338.